The number of benzene rings is 1. The largest absolute Gasteiger partial charge is 0.331 e. The first kappa shape index (κ1) is 13.7. The molecule has 4 heteroatoms. The zero-order valence-electron chi connectivity index (χ0n) is 11.7. The smallest absolute Gasteiger partial charge is 0.128 e. The van der Waals surface area contributed by atoms with Crippen LogP contribution < -0.4 is 5.32 Å². The molecule has 0 aliphatic rings. The van der Waals surface area contributed by atoms with Crippen molar-refractivity contribution in [2.75, 3.05) is 0 Å². The van der Waals surface area contributed by atoms with Gasteiger partial charge in [0, 0.05) is 30.5 Å². The van der Waals surface area contributed by atoms with Crippen LogP contribution in [0, 0.1) is 12.7 Å². The zero-order chi connectivity index (χ0) is 13.8. The van der Waals surface area contributed by atoms with Gasteiger partial charge in [0.15, 0.2) is 0 Å². The number of halogens is 1. The van der Waals surface area contributed by atoms with Crippen LogP contribution in [0.2, 0.25) is 0 Å². The van der Waals surface area contributed by atoms with E-state index in [9.17, 15) is 4.39 Å². The number of imidazole rings is 1. The predicted octanol–water partition coefficient (Wildman–Crippen LogP) is 2.88. The molecule has 0 spiro atoms. The van der Waals surface area contributed by atoms with Gasteiger partial charge in [-0.25, -0.2) is 9.37 Å². The molecule has 0 aliphatic heterocycles. The minimum atomic E-state index is -0.165. The lowest BCUT2D eigenvalue weighted by atomic mass is 10.1. The van der Waals surface area contributed by atoms with Gasteiger partial charge in [-0.15, -0.1) is 0 Å². The maximum atomic E-state index is 13.8. The fraction of sp³-hybridized carbons (Fsp3) is 0.400. The Bertz CT molecular complexity index is 546. The maximum absolute atomic E-state index is 13.8. The Labute approximate surface area is 113 Å². The van der Waals surface area contributed by atoms with E-state index in [2.05, 4.69) is 24.1 Å². The SMILES string of the molecule is Cc1nccn1Cc1cc(CNC(C)C)ccc1F. The second-order valence-electron chi connectivity index (χ2n) is 5.06. The highest BCUT2D eigenvalue weighted by molar-refractivity contribution is 5.25. The molecule has 0 saturated heterocycles. The molecular weight excluding hydrogens is 241 g/mol. The second-order valence-corrected chi connectivity index (χ2v) is 5.06. The van der Waals surface area contributed by atoms with Crippen molar-refractivity contribution >= 4 is 0 Å². The summed E-state index contributed by atoms with van der Waals surface area (Å²) in [5.74, 6) is 0.728. The van der Waals surface area contributed by atoms with Gasteiger partial charge in [0.2, 0.25) is 0 Å². The molecule has 0 unspecified atom stereocenters. The molecule has 0 atom stereocenters. The van der Waals surface area contributed by atoms with Gasteiger partial charge in [0.05, 0.1) is 6.54 Å². The van der Waals surface area contributed by atoms with Crippen LogP contribution in [0.15, 0.2) is 30.6 Å². The van der Waals surface area contributed by atoms with Crippen molar-refractivity contribution in [1.29, 1.82) is 0 Å². The lowest BCUT2D eigenvalue weighted by Crippen LogP contribution is -2.22. The Morgan fingerprint density at radius 2 is 2.16 bits per heavy atom. The van der Waals surface area contributed by atoms with Crippen LogP contribution in [0.5, 0.6) is 0 Å². The summed E-state index contributed by atoms with van der Waals surface area (Å²) < 4.78 is 15.8. The van der Waals surface area contributed by atoms with E-state index in [1.807, 2.05) is 29.8 Å². The van der Waals surface area contributed by atoms with Crippen molar-refractivity contribution in [3.63, 3.8) is 0 Å². The highest BCUT2D eigenvalue weighted by Gasteiger charge is 2.06. The summed E-state index contributed by atoms with van der Waals surface area (Å²) in [6.45, 7) is 7.39. The van der Waals surface area contributed by atoms with Crippen LogP contribution in [0.1, 0.15) is 30.8 Å². The monoisotopic (exact) mass is 261 g/mol. The van der Waals surface area contributed by atoms with Crippen LogP contribution in [0.3, 0.4) is 0 Å². The highest BCUT2D eigenvalue weighted by Crippen LogP contribution is 2.13. The third kappa shape index (κ3) is 3.64. The Morgan fingerprint density at radius 1 is 1.37 bits per heavy atom. The summed E-state index contributed by atoms with van der Waals surface area (Å²) in [7, 11) is 0. The first-order chi connectivity index (χ1) is 9.06. The summed E-state index contributed by atoms with van der Waals surface area (Å²) in [5.41, 5.74) is 1.80. The molecule has 0 saturated carbocycles. The van der Waals surface area contributed by atoms with Gasteiger partial charge >= 0.3 is 0 Å². The fourth-order valence-electron chi connectivity index (χ4n) is 1.94. The Balaban J connectivity index is 2.15. The van der Waals surface area contributed by atoms with Crippen molar-refractivity contribution in [2.45, 2.75) is 39.9 Å². The van der Waals surface area contributed by atoms with E-state index < -0.39 is 0 Å². The van der Waals surface area contributed by atoms with Gasteiger partial charge in [-0.2, -0.15) is 0 Å². The van der Waals surface area contributed by atoms with Gasteiger partial charge < -0.3 is 9.88 Å². The van der Waals surface area contributed by atoms with Crippen molar-refractivity contribution < 1.29 is 4.39 Å². The van der Waals surface area contributed by atoms with Crippen LogP contribution >= 0.6 is 0 Å². The molecule has 1 N–H and O–H groups in total. The van der Waals surface area contributed by atoms with Crippen molar-refractivity contribution in [3.05, 3.63) is 53.4 Å². The average Bonchev–Trinajstić information content (AvgIpc) is 2.76. The van der Waals surface area contributed by atoms with Crippen LogP contribution in [0.4, 0.5) is 4.39 Å². The second kappa shape index (κ2) is 5.97. The lowest BCUT2D eigenvalue weighted by molar-refractivity contribution is 0.578. The summed E-state index contributed by atoms with van der Waals surface area (Å²) in [6, 6.07) is 5.71. The average molecular weight is 261 g/mol. The molecule has 0 fully saturated rings. The van der Waals surface area contributed by atoms with E-state index in [-0.39, 0.29) is 5.82 Å². The maximum Gasteiger partial charge on any atom is 0.128 e. The van der Waals surface area contributed by atoms with E-state index in [0.29, 0.717) is 18.2 Å². The molecule has 102 valence electrons. The molecular formula is C15H20FN3. The molecule has 0 aliphatic carbocycles. The van der Waals surface area contributed by atoms with Gasteiger partial charge in [0.1, 0.15) is 11.6 Å². The quantitative estimate of drug-likeness (QED) is 0.897. The topological polar surface area (TPSA) is 29.9 Å². The first-order valence-corrected chi connectivity index (χ1v) is 6.54. The predicted molar refractivity (Wildman–Crippen MR) is 74.4 cm³/mol. The molecule has 2 rings (SSSR count). The van der Waals surface area contributed by atoms with E-state index in [4.69, 9.17) is 0 Å². The number of aryl methyl sites for hydroxylation is 1. The van der Waals surface area contributed by atoms with Gasteiger partial charge in [-0.3, -0.25) is 0 Å². The third-order valence-corrected chi connectivity index (χ3v) is 3.09. The molecule has 2 aromatic rings. The summed E-state index contributed by atoms with van der Waals surface area (Å²) in [4.78, 5) is 4.15. The van der Waals surface area contributed by atoms with Crippen LogP contribution in [-0.4, -0.2) is 15.6 Å². The van der Waals surface area contributed by atoms with Crippen molar-refractivity contribution in [3.8, 4) is 0 Å². The van der Waals surface area contributed by atoms with E-state index in [1.54, 1.807) is 12.3 Å². The number of hydrogen-bond donors (Lipinski definition) is 1. The van der Waals surface area contributed by atoms with Crippen LogP contribution in [-0.2, 0) is 13.1 Å². The zero-order valence-corrected chi connectivity index (χ0v) is 11.7. The normalized spacial score (nSPS) is 11.2. The summed E-state index contributed by atoms with van der Waals surface area (Å²) in [5, 5.41) is 3.34. The number of aromatic nitrogens is 2. The molecule has 1 aromatic carbocycles. The molecule has 19 heavy (non-hydrogen) atoms. The number of nitrogens with one attached hydrogen (secondary N) is 1. The molecule has 0 bridgehead atoms. The molecule has 1 aromatic heterocycles. The summed E-state index contributed by atoms with van der Waals surface area (Å²) in [6.07, 6.45) is 3.60. The number of rotatable bonds is 5. The van der Waals surface area contributed by atoms with Crippen LogP contribution in [0.25, 0.3) is 0 Å². The number of hydrogen-bond acceptors (Lipinski definition) is 2. The van der Waals surface area contributed by atoms with Gasteiger partial charge in [0.25, 0.3) is 0 Å². The highest BCUT2D eigenvalue weighted by atomic mass is 19.1. The molecule has 3 nitrogen and oxygen atoms in total. The van der Waals surface area contributed by atoms with E-state index in [0.717, 1.165) is 17.9 Å². The molecule has 0 radical (unpaired) electrons. The van der Waals surface area contributed by atoms with Gasteiger partial charge in [-0.1, -0.05) is 19.9 Å². The Morgan fingerprint density at radius 3 is 2.79 bits per heavy atom. The minimum Gasteiger partial charge on any atom is -0.331 e. The third-order valence-electron chi connectivity index (χ3n) is 3.09. The molecule has 1 heterocycles. The Hall–Kier alpha value is -1.68. The van der Waals surface area contributed by atoms with Gasteiger partial charge in [-0.05, 0) is 24.6 Å². The van der Waals surface area contributed by atoms with Crippen molar-refractivity contribution in [1.82, 2.24) is 14.9 Å². The first-order valence-electron chi connectivity index (χ1n) is 6.54. The lowest BCUT2D eigenvalue weighted by Gasteiger charge is -2.11. The number of nitrogens with zero attached hydrogens (tertiary/aromatic N) is 2. The summed E-state index contributed by atoms with van der Waals surface area (Å²) >= 11 is 0. The molecule has 0 amide bonds. The van der Waals surface area contributed by atoms with E-state index >= 15 is 0 Å². The standard InChI is InChI=1S/C15H20FN3/c1-11(2)18-9-13-4-5-15(16)14(8-13)10-19-7-6-17-12(19)3/h4-8,11,18H,9-10H2,1-3H3. The fourth-order valence-corrected chi connectivity index (χ4v) is 1.94. The van der Waals surface area contributed by atoms with E-state index in [1.165, 1.54) is 0 Å². The Kier molecular flexibility index (Phi) is 4.32. The van der Waals surface area contributed by atoms with Crippen molar-refractivity contribution in [2.24, 2.45) is 0 Å². The minimum absolute atomic E-state index is 0.165.